The maximum absolute atomic E-state index is 14.3. The van der Waals surface area contributed by atoms with Gasteiger partial charge in [-0.3, -0.25) is 33.6 Å². The SMILES string of the molecule is COC(=O)CCC1=C(CC(=O)OC)C(Cc2[nH]c(C(=O)OCc3ccccc3)c(CC(=O)OC)c2CCC(=O)OC)(Cc2[nH]c(C(=O)C(F)(F)F)c(CCC(=O)OC)c2CC(=O)OC)NC1. The minimum Gasteiger partial charge on any atom is -0.469 e. The van der Waals surface area contributed by atoms with E-state index in [1.807, 2.05) is 0 Å². The van der Waals surface area contributed by atoms with Gasteiger partial charge in [0.1, 0.15) is 12.3 Å². The number of aromatic amines is 2. The van der Waals surface area contributed by atoms with Crippen LogP contribution in [0.2, 0.25) is 0 Å². The summed E-state index contributed by atoms with van der Waals surface area (Å²) in [6, 6.07) is 8.68. The lowest BCUT2D eigenvalue weighted by atomic mass is 9.77. The van der Waals surface area contributed by atoms with Gasteiger partial charge in [-0.1, -0.05) is 35.9 Å². The third-order valence-electron chi connectivity index (χ3n) is 11.2. The van der Waals surface area contributed by atoms with Crippen LogP contribution in [0.1, 0.15) is 92.3 Å². The number of methoxy groups -OCH3 is 6. The van der Waals surface area contributed by atoms with Gasteiger partial charge in [-0.05, 0) is 52.7 Å². The van der Waals surface area contributed by atoms with Gasteiger partial charge in [0.05, 0.1) is 73.2 Å². The Morgan fingerprint density at radius 1 is 0.576 bits per heavy atom. The molecule has 3 aromatic rings. The van der Waals surface area contributed by atoms with Crippen molar-refractivity contribution in [2.75, 3.05) is 49.2 Å². The molecule has 2 aromatic heterocycles. The molecule has 1 atom stereocenters. The van der Waals surface area contributed by atoms with Crippen molar-refractivity contribution in [1.29, 1.82) is 0 Å². The third kappa shape index (κ3) is 13.2. The van der Waals surface area contributed by atoms with Crippen LogP contribution in [0.5, 0.6) is 0 Å². The van der Waals surface area contributed by atoms with Crippen molar-refractivity contribution in [2.45, 2.75) is 89.0 Å². The third-order valence-corrected chi connectivity index (χ3v) is 11.2. The number of alkyl halides is 3. The smallest absolute Gasteiger partial charge is 0.456 e. The number of hydrogen-bond donors (Lipinski definition) is 3. The lowest BCUT2D eigenvalue weighted by molar-refractivity contribution is -0.141. The predicted molar refractivity (Wildman–Crippen MR) is 223 cm³/mol. The number of hydrogen-bond acceptors (Lipinski definition) is 16. The van der Waals surface area contributed by atoms with E-state index < -0.39 is 104 Å². The molecule has 0 fully saturated rings. The van der Waals surface area contributed by atoms with Crippen LogP contribution in [-0.4, -0.2) is 118 Å². The van der Waals surface area contributed by atoms with Crippen molar-refractivity contribution in [3.63, 3.8) is 0 Å². The summed E-state index contributed by atoms with van der Waals surface area (Å²) in [5, 5.41) is 3.37. The van der Waals surface area contributed by atoms with Gasteiger partial charge in [-0.15, -0.1) is 0 Å². The number of Topliss-reactive ketones (excluding diaryl/α,β-unsaturated/α-hetero) is 1. The molecule has 1 aromatic carbocycles. The number of ketones is 1. The first-order valence-electron chi connectivity index (χ1n) is 20.5. The first-order valence-corrected chi connectivity index (χ1v) is 20.5. The zero-order valence-electron chi connectivity index (χ0n) is 37.3. The number of benzene rings is 1. The Bertz CT molecular complexity index is 2330. The van der Waals surface area contributed by atoms with Crippen molar-refractivity contribution in [1.82, 2.24) is 15.3 Å². The van der Waals surface area contributed by atoms with Crippen LogP contribution in [0, 0.1) is 0 Å². The fraction of sp³-hybridized carbons (Fsp3) is 0.467. The van der Waals surface area contributed by atoms with Gasteiger partial charge in [0.15, 0.2) is 0 Å². The molecule has 4 rings (SSSR count). The molecule has 1 aliphatic rings. The molecular weight excluding hydrogens is 879 g/mol. The fourth-order valence-electron chi connectivity index (χ4n) is 7.89. The number of aromatic nitrogens is 2. The number of H-pyrrole nitrogens is 2. The van der Waals surface area contributed by atoms with Crippen molar-refractivity contribution in [2.24, 2.45) is 0 Å². The monoisotopic (exact) mass is 931 g/mol. The van der Waals surface area contributed by atoms with E-state index in [0.29, 0.717) is 11.1 Å². The average Bonchev–Trinajstić information content (AvgIpc) is 3.94. The normalized spacial score (nSPS) is 14.6. The van der Waals surface area contributed by atoms with Gasteiger partial charge < -0.3 is 48.4 Å². The summed E-state index contributed by atoms with van der Waals surface area (Å²) in [6.45, 7) is -0.212. The van der Waals surface area contributed by atoms with E-state index in [1.54, 1.807) is 30.3 Å². The number of carbonyl (C=O) groups is 8. The summed E-state index contributed by atoms with van der Waals surface area (Å²) in [6.07, 6.45) is -9.34. The van der Waals surface area contributed by atoms with Crippen LogP contribution in [0.15, 0.2) is 41.5 Å². The fourth-order valence-corrected chi connectivity index (χ4v) is 7.89. The molecular formula is C45H52F3N3O15. The van der Waals surface area contributed by atoms with E-state index in [4.69, 9.17) is 33.2 Å². The highest BCUT2D eigenvalue weighted by Gasteiger charge is 2.46. The second kappa shape index (κ2) is 23.4. The molecule has 21 heteroatoms. The second-order valence-electron chi connectivity index (χ2n) is 15.1. The maximum Gasteiger partial charge on any atom is 0.456 e. The number of esters is 7. The molecule has 0 radical (unpaired) electrons. The Balaban J connectivity index is 2.09. The van der Waals surface area contributed by atoms with Crippen LogP contribution in [0.3, 0.4) is 0 Å². The quantitative estimate of drug-likeness (QED) is 0.0526. The molecule has 0 aliphatic carbocycles. The largest absolute Gasteiger partial charge is 0.469 e. The Morgan fingerprint density at radius 2 is 1.05 bits per heavy atom. The summed E-state index contributed by atoms with van der Waals surface area (Å²) < 4.78 is 78.0. The summed E-state index contributed by atoms with van der Waals surface area (Å²) in [4.78, 5) is 110. The molecule has 0 saturated heterocycles. The van der Waals surface area contributed by atoms with Crippen LogP contribution in [0.25, 0.3) is 0 Å². The molecule has 3 N–H and O–H groups in total. The Labute approximate surface area is 377 Å². The average molecular weight is 932 g/mol. The topological polar surface area (TPSA) is 245 Å². The molecule has 1 aliphatic heterocycles. The number of carbonyl (C=O) groups excluding carboxylic acids is 8. The summed E-state index contributed by atoms with van der Waals surface area (Å²) >= 11 is 0. The van der Waals surface area contributed by atoms with E-state index in [2.05, 4.69) is 15.3 Å². The van der Waals surface area contributed by atoms with E-state index >= 15 is 0 Å². The van der Waals surface area contributed by atoms with Gasteiger partial charge in [0.25, 0.3) is 5.78 Å². The van der Waals surface area contributed by atoms with Crippen molar-refractivity contribution >= 4 is 47.6 Å². The molecule has 66 heavy (non-hydrogen) atoms. The van der Waals surface area contributed by atoms with Crippen LogP contribution < -0.4 is 5.32 Å². The lowest BCUT2D eigenvalue weighted by Crippen LogP contribution is -2.48. The molecule has 0 bridgehead atoms. The van der Waals surface area contributed by atoms with Crippen LogP contribution in [-0.2, 0) is 107 Å². The number of ether oxygens (including phenoxy) is 7. The first kappa shape index (κ1) is 51.9. The van der Waals surface area contributed by atoms with E-state index in [1.165, 1.54) is 14.2 Å². The second-order valence-corrected chi connectivity index (χ2v) is 15.1. The van der Waals surface area contributed by atoms with Crippen molar-refractivity contribution in [3.8, 4) is 0 Å². The molecule has 0 spiro atoms. The highest BCUT2D eigenvalue weighted by Crippen LogP contribution is 2.41. The molecule has 3 heterocycles. The van der Waals surface area contributed by atoms with E-state index in [-0.39, 0.29) is 90.2 Å². The van der Waals surface area contributed by atoms with Gasteiger partial charge in [0, 0.05) is 50.0 Å². The highest BCUT2D eigenvalue weighted by molar-refractivity contribution is 6.01. The minimum atomic E-state index is -5.43. The number of rotatable bonds is 23. The summed E-state index contributed by atoms with van der Waals surface area (Å²) in [5.41, 5.74) is -1.39. The molecule has 0 amide bonds. The Hall–Kier alpha value is -6.77. The van der Waals surface area contributed by atoms with E-state index in [9.17, 15) is 51.5 Å². The minimum absolute atomic E-state index is 0.0141. The predicted octanol–water partition coefficient (Wildman–Crippen LogP) is 4.03. The zero-order valence-corrected chi connectivity index (χ0v) is 37.3. The number of halogens is 3. The molecule has 1 unspecified atom stereocenters. The number of nitrogens with one attached hydrogen (secondary N) is 3. The Morgan fingerprint density at radius 3 is 1.58 bits per heavy atom. The highest BCUT2D eigenvalue weighted by atomic mass is 19.4. The van der Waals surface area contributed by atoms with Crippen LogP contribution in [0.4, 0.5) is 13.2 Å². The first-order chi connectivity index (χ1) is 31.3. The molecule has 18 nitrogen and oxygen atoms in total. The van der Waals surface area contributed by atoms with E-state index in [0.717, 1.165) is 28.4 Å². The maximum atomic E-state index is 14.3. The van der Waals surface area contributed by atoms with Gasteiger partial charge >= 0.3 is 48.0 Å². The van der Waals surface area contributed by atoms with Gasteiger partial charge in [-0.25, -0.2) is 4.79 Å². The molecule has 358 valence electrons. The Kier molecular flexibility index (Phi) is 18.4. The van der Waals surface area contributed by atoms with Crippen molar-refractivity contribution in [3.05, 3.63) is 92.1 Å². The summed E-state index contributed by atoms with van der Waals surface area (Å²) in [7, 11) is 6.73. The zero-order chi connectivity index (χ0) is 48.8. The summed E-state index contributed by atoms with van der Waals surface area (Å²) in [5.74, 6) is -7.77. The molecule has 0 saturated carbocycles. The van der Waals surface area contributed by atoms with Crippen LogP contribution >= 0.6 is 0 Å². The lowest BCUT2D eigenvalue weighted by Gasteiger charge is -2.34. The van der Waals surface area contributed by atoms with Crippen molar-refractivity contribution < 1.29 is 84.7 Å². The standard InChI is InChI=1S/C45H52F3N3O15/c1-60-34(52)15-12-26-23-49-44(31(26)20-39(57)65-6,22-33-29(18-37(55)63-4)28(14-17-36(54)62-3)40(50-33)42(58)45(46,47)48)21-32-27(13-16-35(53)61-2)30(19-38(56)64-5)41(51-32)43(59)66-24-25-10-8-7-9-11-25/h7-11,49-51H,12-24H2,1-6H3. The van der Waals surface area contributed by atoms with Gasteiger partial charge in [0.2, 0.25) is 0 Å². The van der Waals surface area contributed by atoms with Gasteiger partial charge in [-0.2, -0.15) is 13.2 Å².